The highest BCUT2D eigenvalue weighted by Crippen LogP contribution is 2.20. The van der Waals surface area contributed by atoms with Crippen LogP contribution < -0.4 is 0 Å². The van der Waals surface area contributed by atoms with Gasteiger partial charge in [0.2, 0.25) is 0 Å². The Labute approximate surface area is 106 Å². The van der Waals surface area contributed by atoms with Gasteiger partial charge in [0.05, 0.1) is 12.6 Å². The molecular weight excluding hydrogens is 238 g/mol. The van der Waals surface area contributed by atoms with Crippen LogP contribution >= 0.6 is 11.6 Å². The molecule has 1 aliphatic heterocycles. The number of likely N-dealkylation sites (tertiary alicyclic amines) is 1. The largest absolute Gasteiger partial charge is 0.394 e. The van der Waals surface area contributed by atoms with Crippen molar-refractivity contribution < 1.29 is 9.90 Å². The first kappa shape index (κ1) is 12.4. The van der Waals surface area contributed by atoms with Crippen LogP contribution in [0.5, 0.6) is 0 Å². The third kappa shape index (κ3) is 2.79. The Hall–Kier alpha value is -1.06. The van der Waals surface area contributed by atoms with Crippen LogP contribution in [0.15, 0.2) is 24.3 Å². The average Bonchev–Trinajstić information content (AvgIpc) is 2.38. The molecule has 1 heterocycles. The second-order valence-corrected chi connectivity index (χ2v) is 4.78. The molecule has 2 rings (SSSR count). The zero-order chi connectivity index (χ0) is 12.3. The number of carbonyl (C=O) groups excluding carboxylic acids is 1. The summed E-state index contributed by atoms with van der Waals surface area (Å²) in [6.07, 6.45) is 2.95. The van der Waals surface area contributed by atoms with Crippen molar-refractivity contribution in [3.05, 3.63) is 34.9 Å². The molecule has 0 spiro atoms. The van der Waals surface area contributed by atoms with E-state index in [1.54, 1.807) is 29.2 Å². The highest BCUT2D eigenvalue weighted by Gasteiger charge is 2.26. The van der Waals surface area contributed by atoms with Crippen molar-refractivity contribution in [2.75, 3.05) is 13.2 Å². The lowest BCUT2D eigenvalue weighted by Crippen LogP contribution is -2.45. The number of aliphatic hydroxyl groups excluding tert-OH is 1. The SMILES string of the molecule is O=C(c1cccc(Cl)c1)N1CCCCC1CO. The highest BCUT2D eigenvalue weighted by atomic mass is 35.5. The van der Waals surface area contributed by atoms with E-state index in [4.69, 9.17) is 11.6 Å². The molecule has 4 heteroatoms. The van der Waals surface area contributed by atoms with Gasteiger partial charge in [0.1, 0.15) is 0 Å². The zero-order valence-electron chi connectivity index (χ0n) is 9.60. The molecule has 1 N–H and O–H groups in total. The van der Waals surface area contributed by atoms with Crippen LogP contribution in [0.2, 0.25) is 5.02 Å². The first-order valence-corrected chi connectivity index (χ1v) is 6.27. The normalized spacial score (nSPS) is 20.4. The molecule has 1 amide bonds. The van der Waals surface area contributed by atoms with E-state index in [1.165, 1.54) is 0 Å². The molecule has 0 aliphatic carbocycles. The van der Waals surface area contributed by atoms with Crippen molar-refractivity contribution in [1.82, 2.24) is 4.90 Å². The molecule has 0 aromatic heterocycles. The summed E-state index contributed by atoms with van der Waals surface area (Å²) in [6.45, 7) is 0.753. The summed E-state index contributed by atoms with van der Waals surface area (Å²) in [5.74, 6) is -0.0359. The van der Waals surface area contributed by atoms with Gasteiger partial charge in [-0.25, -0.2) is 0 Å². The van der Waals surface area contributed by atoms with Gasteiger partial charge in [0.25, 0.3) is 5.91 Å². The summed E-state index contributed by atoms with van der Waals surface area (Å²) in [5, 5.41) is 9.86. The van der Waals surface area contributed by atoms with Crippen LogP contribution in [0.4, 0.5) is 0 Å². The summed E-state index contributed by atoms with van der Waals surface area (Å²) < 4.78 is 0. The van der Waals surface area contributed by atoms with Crippen LogP contribution in [0.25, 0.3) is 0 Å². The lowest BCUT2D eigenvalue weighted by atomic mass is 10.0. The van der Waals surface area contributed by atoms with Crippen molar-refractivity contribution in [3.8, 4) is 0 Å². The first-order valence-electron chi connectivity index (χ1n) is 5.90. The number of piperidine rings is 1. The van der Waals surface area contributed by atoms with Crippen LogP contribution in [0, 0.1) is 0 Å². The van der Waals surface area contributed by atoms with E-state index in [0.717, 1.165) is 25.8 Å². The fourth-order valence-electron chi connectivity index (χ4n) is 2.25. The van der Waals surface area contributed by atoms with E-state index >= 15 is 0 Å². The Morgan fingerprint density at radius 2 is 2.29 bits per heavy atom. The molecule has 1 fully saturated rings. The Morgan fingerprint density at radius 1 is 1.47 bits per heavy atom. The van der Waals surface area contributed by atoms with Gasteiger partial charge in [-0.1, -0.05) is 17.7 Å². The van der Waals surface area contributed by atoms with Gasteiger partial charge in [-0.2, -0.15) is 0 Å². The quantitative estimate of drug-likeness (QED) is 0.879. The third-order valence-electron chi connectivity index (χ3n) is 3.17. The topological polar surface area (TPSA) is 40.5 Å². The number of hydrogen-bond acceptors (Lipinski definition) is 2. The van der Waals surface area contributed by atoms with Crippen molar-refractivity contribution in [1.29, 1.82) is 0 Å². The molecule has 1 atom stereocenters. The number of hydrogen-bond donors (Lipinski definition) is 1. The molecule has 0 radical (unpaired) electrons. The Balaban J connectivity index is 2.18. The minimum atomic E-state index is -0.0461. The van der Waals surface area contributed by atoms with Gasteiger partial charge in [-0.15, -0.1) is 0 Å². The molecule has 1 aromatic rings. The third-order valence-corrected chi connectivity index (χ3v) is 3.41. The maximum Gasteiger partial charge on any atom is 0.254 e. The fourth-order valence-corrected chi connectivity index (χ4v) is 2.44. The monoisotopic (exact) mass is 253 g/mol. The van der Waals surface area contributed by atoms with Gasteiger partial charge in [0.15, 0.2) is 0 Å². The Bertz CT molecular complexity index is 408. The minimum absolute atomic E-state index is 0.0340. The van der Waals surface area contributed by atoms with E-state index in [0.29, 0.717) is 10.6 Å². The second-order valence-electron chi connectivity index (χ2n) is 4.34. The van der Waals surface area contributed by atoms with E-state index in [2.05, 4.69) is 0 Å². The van der Waals surface area contributed by atoms with Crippen molar-refractivity contribution in [2.24, 2.45) is 0 Å². The van der Waals surface area contributed by atoms with Crippen molar-refractivity contribution in [3.63, 3.8) is 0 Å². The smallest absolute Gasteiger partial charge is 0.254 e. The summed E-state index contributed by atoms with van der Waals surface area (Å²) in [6, 6.07) is 6.91. The second kappa shape index (κ2) is 5.52. The predicted octanol–water partition coefficient (Wildman–Crippen LogP) is 2.33. The molecule has 1 unspecified atom stereocenters. The molecule has 0 saturated carbocycles. The van der Waals surface area contributed by atoms with Gasteiger partial charge < -0.3 is 10.0 Å². The van der Waals surface area contributed by atoms with Crippen LogP contribution in [-0.2, 0) is 0 Å². The molecule has 1 aromatic carbocycles. The summed E-state index contributed by atoms with van der Waals surface area (Å²) in [4.78, 5) is 14.0. The molecule has 92 valence electrons. The van der Waals surface area contributed by atoms with Gasteiger partial charge in [-0.05, 0) is 37.5 Å². The number of amides is 1. The number of carbonyl (C=O) groups is 1. The van der Waals surface area contributed by atoms with Crippen LogP contribution in [0.1, 0.15) is 29.6 Å². The Kier molecular flexibility index (Phi) is 4.02. The van der Waals surface area contributed by atoms with E-state index < -0.39 is 0 Å². The molecule has 1 saturated heterocycles. The molecule has 17 heavy (non-hydrogen) atoms. The number of benzene rings is 1. The van der Waals surface area contributed by atoms with Crippen LogP contribution in [0.3, 0.4) is 0 Å². The van der Waals surface area contributed by atoms with Crippen molar-refractivity contribution >= 4 is 17.5 Å². The summed E-state index contributed by atoms with van der Waals surface area (Å²) in [5.41, 5.74) is 0.595. The van der Waals surface area contributed by atoms with Gasteiger partial charge in [-0.3, -0.25) is 4.79 Å². The zero-order valence-corrected chi connectivity index (χ0v) is 10.4. The lowest BCUT2D eigenvalue weighted by molar-refractivity contribution is 0.0503. The fraction of sp³-hybridized carbons (Fsp3) is 0.462. The van der Waals surface area contributed by atoms with Crippen molar-refractivity contribution in [2.45, 2.75) is 25.3 Å². The summed E-state index contributed by atoms with van der Waals surface area (Å²) in [7, 11) is 0. The average molecular weight is 254 g/mol. The molecule has 3 nitrogen and oxygen atoms in total. The van der Waals surface area contributed by atoms with E-state index in [9.17, 15) is 9.90 Å². The van der Waals surface area contributed by atoms with Crippen LogP contribution in [-0.4, -0.2) is 35.1 Å². The summed E-state index contributed by atoms with van der Waals surface area (Å²) >= 11 is 5.88. The standard InChI is InChI=1S/C13H16ClNO2/c14-11-5-3-4-10(8-11)13(17)15-7-2-1-6-12(15)9-16/h3-5,8,12,16H,1-2,6-7,9H2. The molecular formula is C13H16ClNO2. The van der Waals surface area contributed by atoms with Gasteiger partial charge in [0, 0.05) is 17.1 Å². The first-order chi connectivity index (χ1) is 8.22. The lowest BCUT2D eigenvalue weighted by Gasteiger charge is -2.34. The Morgan fingerprint density at radius 3 is 3.00 bits per heavy atom. The minimum Gasteiger partial charge on any atom is -0.394 e. The van der Waals surface area contributed by atoms with E-state index in [1.807, 2.05) is 0 Å². The predicted molar refractivity (Wildman–Crippen MR) is 67.2 cm³/mol. The van der Waals surface area contributed by atoms with Gasteiger partial charge >= 0.3 is 0 Å². The number of halogens is 1. The number of nitrogens with zero attached hydrogens (tertiary/aromatic N) is 1. The maximum absolute atomic E-state index is 12.3. The number of rotatable bonds is 2. The number of aliphatic hydroxyl groups is 1. The maximum atomic E-state index is 12.3. The highest BCUT2D eigenvalue weighted by molar-refractivity contribution is 6.30. The molecule has 1 aliphatic rings. The van der Waals surface area contributed by atoms with E-state index in [-0.39, 0.29) is 18.6 Å². The molecule has 0 bridgehead atoms.